The molecule has 5 nitrogen and oxygen atoms in total. The maximum absolute atomic E-state index is 12.4. The Morgan fingerprint density at radius 2 is 1.88 bits per heavy atom. The van der Waals surface area contributed by atoms with Gasteiger partial charge in [0.2, 0.25) is 5.91 Å². The van der Waals surface area contributed by atoms with Crippen LogP contribution in [0.4, 0.5) is 5.82 Å². The van der Waals surface area contributed by atoms with Crippen LogP contribution in [0.1, 0.15) is 72.5 Å². The highest BCUT2D eigenvalue weighted by Gasteiger charge is 2.19. The van der Waals surface area contributed by atoms with E-state index >= 15 is 0 Å². The molecule has 0 saturated heterocycles. The van der Waals surface area contributed by atoms with E-state index in [4.69, 9.17) is 0 Å². The highest BCUT2D eigenvalue weighted by atomic mass is 16.2. The Labute approximate surface area is 154 Å². The average Bonchev–Trinajstić information content (AvgIpc) is 3.10. The van der Waals surface area contributed by atoms with Crippen molar-refractivity contribution in [2.75, 3.05) is 5.32 Å². The summed E-state index contributed by atoms with van der Waals surface area (Å²) in [4.78, 5) is 24.8. The van der Waals surface area contributed by atoms with Crippen LogP contribution in [0, 0.1) is 13.8 Å². The summed E-state index contributed by atoms with van der Waals surface area (Å²) >= 11 is 0. The zero-order valence-electron chi connectivity index (χ0n) is 15.6. The van der Waals surface area contributed by atoms with E-state index in [1.807, 2.05) is 42.8 Å². The van der Waals surface area contributed by atoms with Gasteiger partial charge in [-0.1, -0.05) is 37.0 Å². The quantitative estimate of drug-likeness (QED) is 0.772. The molecule has 1 aliphatic carbocycles. The number of nitrogens with one attached hydrogen (secondary N) is 1. The molecule has 1 fully saturated rings. The van der Waals surface area contributed by atoms with E-state index in [0.717, 1.165) is 29.8 Å². The van der Waals surface area contributed by atoms with Gasteiger partial charge >= 0.3 is 0 Å². The second-order valence-electron chi connectivity index (χ2n) is 7.24. The third-order valence-electron chi connectivity index (χ3n) is 5.13. The molecule has 138 valence electrons. The summed E-state index contributed by atoms with van der Waals surface area (Å²) in [5.74, 6) is 0.615. The van der Waals surface area contributed by atoms with Crippen molar-refractivity contribution in [2.45, 2.75) is 64.8 Å². The van der Waals surface area contributed by atoms with Gasteiger partial charge < -0.3 is 5.32 Å². The minimum absolute atomic E-state index is 0.0159. The summed E-state index contributed by atoms with van der Waals surface area (Å²) in [6.45, 7) is 3.89. The Morgan fingerprint density at radius 3 is 2.65 bits per heavy atom. The molecule has 1 N–H and O–H groups in total. The number of anilines is 1. The summed E-state index contributed by atoms with van der Waals surface area (Å²) in [6, 6.07) is 8.04. The molecule has 1 aromatic carbocycles. The van der Waals surface area contributed by atoms with Crippen molar-refractivity contribution in [3.63, 3.8) is 0 Å². The monoisotopic (exact) mass is 353 g/mol. The molecule has 1 heterocycles. The first-order valence-corrected chi connectivity index (χ1v) is 9.48. The molecule has 0 radical (unpaired) electrons. The standard InChI is InChI=1S/C21H27N3O2/c1-15-8-9-16(2)18(14-15)19(25)10-11-21(26)23-20-12-13-22-24(20)17-6-4-3-5-7-17/h8-9,12-14,17H,3-7,10-11H2,1-2H3,(H,23,26). The largest absolute Gasteiger partial charge is 0.311 e. The number of aryl methyl sites for hydroxylation is 2. The number of rotatable bonds is 6. The van der Waals surface area contributed by atoms with Crippen LogP contribution in [0.3, 0.4) is 0 Å². The van der Waals surface area contributed by atoms with Gasteiger partial charge in [-0.25, -0.2) is 4.68 Å². The third kappa shape index (κ3) is 4.40. The first kappa shape index (κ1) is 18.4. The smallest absolute Gasteiger partial charge is 0.225 e. The molecule has 1 aromatic heterocycles. The van der Waals surface area contributed by atoms with Crippen LogP contribution in [0.2, 0.25) is 0 Å². The maximum atomic E-state index is 12.4. The van der Waals surface area contributed by atoms with Gasteiger partial charge in [0.05, 0.1) is 12.2 Å². The molecule has 5 heteroatoms. The fraction of sp³-hybridized carbons (Fsp3) is 0.476. The van der Waals surface area contributed by atoms with Crippen molar-refractivity contribution >= 4 is 17.5 Å². The Kier molecular flexibility index (Phi) is 5.86. The Morgan fingerprint density at radius 1 is 1.12 bits per heavy atom. The van der Waals surface area contributed by atoms with E-state index < -0.39 is 0 Å². The molecular weight excluding hydrogens is 326 g/mol. The SMILES string of the molecule is Cc1ccc(C)c(C(=O)CCC(=O)Nc2ccnn2C2CCCCC2)c1. The van der Waals surface area contributed by atoms with Crippen LogP contribution in [-0.2, 0) is 4.79 Å². The molecule has 0 bridgehead atoms. The lowest BCUT2D eigenvalue weighted by molar-refractivity contribution is -0.116. The summed E-state index contributed by atoms with van der Waals surface area (Å²) in [5, 5.41) is 7.32. The van der Waals surface area contributed by atoms with Crippen molar-refractivity contribution in [1.82, 2.24) is 9.78 Å². The number of hydrogen-bond donors (Lipinski definition) is 1. The minimum Gasteiger partial charge on any atom is -0.311 e. The Bertz CT molecular complexity index is 788. The van der Waals surface area contributed by atoms with Gasteiger partial charge in [0.15, 0.2) is 5.78 Å². The number of aromatic nitrogens is 2. The molecule has 1 aliphatic rings. The van der Waals surface area contributed by atoms with Gasteiger partial charge in [0.25, 0.3) is 0 Å². The van der Waals surface area contributed by atoms with E-state index in [2.05, 4.69) is 10.4 Å². The second kappa shape index (κ2) is 8.30. The Balaban J connectivity index is 1.57. The molecule has 0 unspecified atom stereocenters. The van der Waals surface area contributed by atoms with Gasteiger partial charge in [0.1, 0.15) is 5.82 Å². The van der Waals surface area contributed by atoms with Crippen molar-refractivity contribution < 1.29 is 9.59 Å². The molecule has 0 spiro atoms. The highest BCUT2D eigenvalue weighted by Crippen LogP contribution is 2.30. The molecule has 26 heavy (non-hydrogen) atoms. The zero-order chi connectivity index (χ0) is 18.5. The number of carbonyl (C=O) groups is 2. The predicted octanol–water partition coefficient (Wildman–Crippen LogP) is 4.61. The van der Waals surface area contributed by atoms with E-state index in [0.29, 0.717) is 11.6 Å². The van der Waals surface area contributed by atoms with Crippen LogP contribution < -0.4 is 5.32 Å². The lowest BCUT2D eigenvalue weighted by atomic mass is 9.96. The van der Waals surface area contributed by atoms with E-state index in [-0.39, 0.29) is 24.5 Å². The molecule has 2 aromatic rings. The van der Waals surface area contributed by atoms with Crippen LogP contribution in [0.15, 0.2) is 30.5 Å². The lowest BCUT2D eigenvalue weighted by Crippen LogP contribution is -2.20. The minimum atomic E-state index is -0.138. The molecule has 0 atom stereocenters. The van der Waals surface area contributed by atoms with E-state index in [9.17, 15) is 9.59 Å². The number of amides is 1. The van der Waals surface area contributed by atoms with Gasteiger partial charge in [-0.3, -0.25) is 9.59 Å². The van der Waals surface area contributed by atoms with E-state index in [1.54, 1.807) is 6.20 Å². The summed E-state index contributed by atoms with van der Waals surface area (Å²) in [6.07, 6.45) is 8.04. The van der Waals surface area contributed by atoms with Gasteiger partial charge in [0, 0.05) is 24.5 Å². The number of Topliss-reactive ketones (excluding diaryl/α,β-unsaturated/α-hetero) is 1. The average molecular weight is 353 g/mol. The lowest BCUT2D eigenvalue weighted by Gasteiger charge is -2.23. The normalized spacial score (nSPS) is 15.0. The van der Waals surface area contributed by atoms with Gasteiger partial charge in [-0.05, 0) is 38.3 Å². The van der Waals surface area contributed by atoms with Crippen LogP contribution >= 0.6 is 0 Å². The summed E-state index contributed by atoms with van der Waals surface area (Å²) < 4.78 is 1.93. The number of hydrogen-bond acceptors (Lipinski definition) is 3. The predicted molar refractivity (Wildman–Crippen MR) is 102 cm³/mol. The number of nitrogens with zero attached hydrogens (tertiary/aromatic N) is 2. The fourth-order valence-corrected chi connectivity index (χ4v) is 3.63. The van der Waals surface area contributed by atoms with Crippen LogP contribution in [-0.4, -0.2) is 21.5 Å². The van der Waals surface area contributed by atoms with Crippen molar-refractivity contribution in [3.8, 4) is 0 Å². The molecule has 1 saturated carbocycles. The molecule has 3 rings (SSSR count). The van der Waals surface area contributed by atoms with Crippen LogP contribution in [0.25, 0.3) is 0 Å². The maximum Gasteiger partial charge on any atom is 0.225 e. The highest BCUT2D eigenvalue weighted by molar-refractivity contribution is 6.00. The van der Waals surface area contributed by atoms with Gasteiger partial charge in [-0.2, -0.15) is 5.10 Å². The number of carbonyl (C=O) groups excluding carboxylic acids is 2. The number of benzene rings is 1. The van der Waals surface area contributed by atoms with Crippen molar-refractivity contribution in [3.05, 3.63) is 47.2 Å². The summed E-state index contributed by atoms with van der Waals surface area (Å²) in [7, 11) is 0. The van der Waals surface area contributed by atoms with Gasteiger partial charge in [-0.15, -0.1) is 0 Å². The molecular formula is C21H27N3O2. The summed E-state index contributed by atoms with van der Waals surface area (Å²) in [5.41, 5.74) is 2.72. The van der Waals surface area contributed by atoms with Crippen molar-refractivity contribution in [2.24, 2.45) is 0 Å². The first-order valence-electron chi connectivity index (χ1n) is 9.48. The Hall–Kier alpha value is -2.43. The fourth-order valence-electron chi connectivity index (χ4n) is 3.63. The second-order valence-corrected chi connectivity index (χ2v) is 7.24. The van der Waals surface area contributed by atoms with Crippen LogP contribution in [0.5, 0.6) is 0 Å². The van der Waals surface area contributed by atoms with E-state index in [1.165, 1.54) is 19.3 Å². The third-order valence-corrected chi connectivity index (χ3v) is 5.13. The zero-order valence-corrected chi connectivity index (χ0v) is 15.6. The first-order chi connectivity index (χ1) is 12.5. The number of ketones is 1. The molecule has 0 aliphatic heterocycles. The molecule has 1 amide bonds. The van der Waals surface area contributed by atoms with Crippen molar-refractivity contribution in [1.29, 1.82) is 0 Å². The topological polar surface area (TPSA) is 64.0 Å².